The third-order valence-electron chi connectivity index (χ3n) is 3.55. The van der Waals surface area contributed by atoms with E-state index in [-0.39, 0.29) is 0 Å². The summed E-state index contributed by atoms with van der Waals surface area (Å²) in [6.07, 6.45) is 1.00. The van der Waals surface area contributed by atoms with Crippen molar-refractivity contribution in [2.75, 3.05) is 20.8 Å². The molecule has 0 aliphatic heterocycles. The Morgan fingerprint density at radius 3 is 2.10 bits per heavy atom. The van der Waals surface area contributed by atoms with E-state index >= 15 is 0 Å². The summed E-state index contributed by atoms with van der Waals surface area (Å²) in [6, 6.07) is 15.9. The SMILES string of the molecule is COCCc1ccc(C(O)Cc2ccc(OC)cc2)cc1. The Morgan fingerprint density at radius 2 is 1.52 bits per heavy atom. The zero-order valence-corrected chi connectivity index (χ0v) is 12.6. The number of methoxy groups -OCH3 is 2. The summed E-state index contributed by atoms with van der Waals surface area (Å²) in [5.74, 6) is 0.829. The van der Waals surface area contributed by atoms with Gasteiger partial charge in [0.05, 0.1) is 19.8 Å². The lowest BCUT2D eigenvalue weighted by molar-refractivity contribution is 0.178. The monoisotopic (exact) mass is 286 g/mol. The molecule has 3 heteroatoms. The zero-order valence-electron chi connectivity index (χ0n) is 12.6. The topological polar surface area (TPSA) is 38.7 Å². The van der Waals surface area contributed by atoms with E-state index in [2.05, 4.69) is 0 Å². The van der Waals surface area contributed by atoms with E-state index in [4.69, 9.17) is 9.47 Å². The van der Waals surface area contributed by atoms with Crippen molar-refractivity contribution in [3.63, 3.8) is 0 Å². The fraction of sp³-hybridized carbons (Fsp3) is 0.333. The van der Waals surface area contributed by atoms with Gasteiger partial charge in [0.15, 0.2) is 0 Å². The van der Waals surface area contributed by atoms with Crippen LogP contribution in [0.25, 0.3) is 0 Å². The van der Waals surface area contributed by atoms with Crippen LogP contribution < -0.4 is 4.74 Å². The summed E-state index contributed by atoms with van der Waals surface area (Å²) in [5, 5.41) is 10.3. The average molecular weight is 286 g/mol. The molecule has 1 atom stereocenters. The molecule has 0 heterocycles. The summed E-state index contributed by atoms with van der Waals surface area (Å²) in [6.45, 7) is 0.716. The van der Waals surface area contributed by atoms with E-state index < -0.39 is 6.10 Å². The molecule has 21 heavy (non-hydrogen) atoms. The van der Waals surface area contributed by atoms with Crippen LogP contribution in [0.2, 0.25) is 0 Å². The fourth-order valence-corrected chi connectivity index (χ4v) is 2.23. The maximum atomic E-state index is 10.3. The van der Waals surface area contributed by atoms with Crippen molar-refractivity contribution in [1.82, 2.24) is 0 Å². The van der Waals surface area contributed by atoms with Crippen LogP contribution in [0.4, 0.5) is 0 Å². The molecule has 112 valence electrons. The summed E-state index contributed by atoms with van der Waals surface area (Å²) < 4.78 is 10.2. The quantitative estimate of drug-likeness (QED) is 0.849. The molecule has 0 bridgehead atoms. The average Bonchev–Trinajstić information content (AvgIpc) is 2.54. The number of hydrogen-bond acceptors (Lipinski definition) is 3. The molecule has 0 aliphatic rings. The maximum absolute atomic E-state index is 10.3. The molecule has 0 saturated heterocycles. The Balaban J connectivity index is 1.96. The highest BCUT2D eigenvalue weighted by molar-refractivity contribution is 5.30. The highest BCUT2D eigenvalue weighted by Crippen LogP contribution is 2.20. The highest BCUT2D eigenvalue weighted by atomic mass is 16.5. The lowest BCUT2D eigenvalue weighted by Gasteiger charge is -2.12. The molecule has 0 aromatic heterocycles. The van der Waals surface area contributed by atoms with E-state index in [1.807, 2.05) is 48.5 Å². The van der Waals surface area contributed by atoms with Crippen LogP contribution in [-0.2, 0) is 17.6 Å². The van der Waals surface area contributed by atoms with Crippen molar-refractivity contribution < 1.29 is 14.6 Å². The first-order valence-corrected chi connectivity index (χ1v) is 7.11. The number of aliphatic hydroxyl groups is 1. The Morgan fingerprint density at radius 1 is 0.905 bits per heavy atom. The minimum atomic E-state index is -0.491. The molecule has 1 N–H and O–H groups in total. The van der Waals surface area contributed by atoms with Crippen LogP contribution in [-0.4, -0.2) is 25.9 Å². The molecular formula is C18H22O3. The summed E-state index contributed by atoms with van der Waals surface area (Å²) >= 11 is 0. The first kappa shape index (κ1) is 15.5. The van der Waals surface area contributed by atoms with Gasteiger partial charge < -0.3 is 14.6 Å². The van der Waals surface area contributed by atoms with Crippen LogP contribution in [0.1, 0.15) is 22.8 Å². The van der Waals surface area contributed by atoms with Crippen LogP contribution >= 0.6 is 0 Å². The molecule has 0 fully saturated rings. The minimum absolute atomic E-state index is 0.491. The summed E-state index contributed by atoms with van der Waals surface area (Å²) in [5.41, 5.74) is 3.25. The van der Waals surface area contributed by atoms with E-state index in [1.165, 1.54) is 5.56 Å². The van der Waals surface area contributed by atoms with Gasteiger partial charge in [-0.1, -0.05) is 36.4 Å². The van der Waals surface area contributed by atoms with E-state index in [0.29, 0.717) is 13.0 Å². The lowest BCUT2D eigenvalue weighted by atomic mass is 10.00. The molecule has 0 aliphatic carbocycles. The fourth-order valence-electron chi connectivity index (χ4n) is 2.23. The van der Waals surface area contributed by atoms with Crippen molar-refractivity contribution in [3.8, 4) is 5.75 Å². The Kier molecular flexibility index (Phi) is 5.78. The van der Waals surface area contributed by atoms with Crippen LogP contribution in [0, 0.1) is 0 Å². The molecule has 3 nitrogen and oxygen atoms in total. The third kappa shape index (κ3) is 4.59. The van der Waals surface area contributed by atoms with Crippen molar-refractivity contribution >= 4 is 0 Å². The van der Waals surface area contributed by atoms with Crippen LogP contribution in [0.3, 0.4) is 0 Å². The second-order valence-electron chi connectivity index (χ2n) is 5.05. The van der Waals surface area contributed by atoms with Gasteiger partial charge in [-0.25, -0.2) is 0 Å². The van der Waals surface area contributed by atoms with Gasteiger partial charge >= 0.3 is 0 Å². The number of benzene rings is 2. The first-order valence-electron chi connectivity index (χ1n) is 7.11. The zero-order chi connectivity index (χ0) is 15.1. The molecule has 0 radical (unpaired) electrons. The van der Waals surface area contributed by atoms with E-state index in [0.717, 1.165) is 23.3 Å². The largest absolute Gasteiger partial charge is 0.497 e. The molecular weight excluding hydrogens is 264 g/mol. The maximum Gasteiger partial charge on any atom is 0.118 e. The Hall–Kier alpha value is -1.84. The van der Waals surface area contributed by atoms with Gasteiger partial charge in [-0.3, -0.25) is 0 Å². The van der Waals surface area contributed by atoms with Crippen molar-refractivity contribution in [2.24, 2.45) is 0 Å². The van der Waals surface area contributed by atoms with Crippen molar-refractivity contribution in [2.45, 2.75) is 18.9 Å². The van der Waals surface area contributed by atoms with E-state index in [9.17, 15) is 5.11 Å². The molecule has 2 aromatic rings. The van der Waals surface area contributed by atoms with Gasteiger partial charge in [-0.15, -0.1) is 0 Å². The number of rotatable bonds is 7. The van der Waals surface area contributed by atoms with Gasteiger partial charge in [0.2, 0.25) is 0 Å². The van der Waals surface area contributed by atoms with Gasteiger partial charge in [0, 0.05) is 13.5 Å². The van der Waals surface area contributed by atoms with Gasteiger partial charge in [0.1, 0.15) is 5.75 Å². The highest BCUT2D eigenvalue weighted by Gasteiger charge is 2.08. The van der Waals surface area contributed by atoms with Crippen molar-refractivity contribution in [3.05, 3.63) is 65.2 Å². The Bertz CT molecular complexity index is 531. The molecule has 0 saturated carbocycles. The molecule has 2 rings (SSSR count). The number of aliphatic hydroxyl groups excluding tert-OH is 1. The Labute approximate surface area is 126 Å². The molecule has 2 aromatic carbocycles. The second kappa shape index (κ2) is 7.81. The predicted molar refractivity (Wildman–Crippen MR) is 83.7 cm³/mol. The van der Waals surface area contributed by atoms with Gasteiger partial charge in [-0.2, -0.15) is 0 Å². The molecule has 0 amide bonds. The molecule has 0 spiro atoms. The number of ether oxygens (including phenoxy) is 2. The lowest BCUT2D eigenvalue weighted by Crippen LogP contribution is -2.02. The minimum Gasteiger partial charge on any atom is -0.497 e. The second-order valence-corrected chi connectivity index (χ2v) is 5.05. The normalized spacial score (nSPS) is 12.1. The molecule has 1 unspecified atom stereocenters. The summed E-state index contributed by atoms with van der Waals surface area (Å²) in [4.78, 5) is 0. The smallest absolute Gasteiger partial charge is 0.118 e. The first-order chi connectivity index (χ1) is 10.2. The van der Waals surface area contributed by atoms with E-state index in [1.54, 1.807) is 14.2 Å². The van der Waals surface area contributed by atoms with Crippen LogP contribution in [0.5, 0.6) is 5.75 Å². The summed E-state index contributed by atoms with van der Waals surface area (Å²) in [7, 11) is 3.35. The predicted octanol–water partition coefficient (Wildman–Crippen LogP) is 3.16. The van der Waals surface area contributed by atoms with Crippen LogP contribution in [0.15, 0.2) is 48.5 Å². The third-order valence-corrected chi connectivity index (χ3v) is 3.55. The van der Waals surface area contributed by atoms with Crippen molar-refractivity contribution in [1.29, 1.82) is 0 Å². The standard InChI is InChI=1S/C18H22O3/c1-20-12-11-14-3-7-16(8-4-14)18(19)13-15-5-9-17(21-2)10-6-15/h3-10,18-19H,11-13H2,1-2H3. The number of hydrogen-bond donors (Lipinski definition) is 1. The van der Waals surface area contributed by atoms with Gasteiger partial charge in [-0.05, 0) is 35.2 Å². The van der Waals surface area contributed by atoms with Gasteiger partial charge in [0.25, 0.3) is 0 Å².